The van der Waals surface area contributed by atoms with E-state index in [0.717, 1.165) is 11.1 Å². The van der Waals surface area contributed by atoms with E-state index in [-0.39, 0.29) is 11.5 Å². The van der Waals surface area contributed by atoms with Crippen molar-refractivity contribution in [1.82, 2.24) is 19.5 Å². The van der Waals surface area contributed by atoms with Gasteiger partial charge >= 0.3 is 0 Å². The topological polar surface area (TPSA) is 89.8 Å². The van der Waals surface area contributed by atoms with Crippen molar-refractivity contribution < 1.29 is 4.79 Å². The maximum absolute atomic E-state index is 13.5. The van der Waals surface area contributed by atoms with Gasteiger partial charge in [-0.1, -0.05) is 42.5 Å². The number of carbonyl (C=O) groups excluding carboxylic acids is 1. The minimum absolute atomic E-state index is 0.250. The fraction of sp³-hybridized carbons (Fsp3) is 0.0357. The molecule has 2 aromatic carbocycles. The summed E-state index contributed by atoms with van der Waals surface area (Å²) >= 11 is 0. The van der Waals surface area contributed by atoms with Crippen LogP contribution < -0.4 is 10.9 Å². The van der Waals surface area contributed by atoms with Gasteiger partial charge in [0.25, 0.3) is 5.56 Å². The number of amides is 1. The average molecular weight is 460 g/mol. The molecule has 0 unspecified atom stereocenters. The third-order valence-electron chi connectivity index (χ3n) is 5.38. The quantitative estimate of drug-likeness (QED) is 0.380. The molecule has 0 atom stereocenters. The van der Waals surface area contributed by atoms with Crippen LogP contribution in [-0.2, 0) is 11.2 Å². The van der Waals surface area contributed by atoms with Crippen LogP contribution in [0.3, 0.4) is 0 Å². The molecule has 0 bridgehead atoms. The molecule has 170 valence electrons. The lowest BCUT2D eigenvalue weighted by atomic mass is 10.1. The van der Waals surface area contributed by atoms with Crippen LogP contribution in [-0.4, -0.2) is 25.4 Å². The Labute approximate surface area is 201 Å². The highest BCUT2D eigenvalue weighted by Gasteiger charge is 2.14. The molecule has 7 nitrogen and oxygen atoms in total. The van der Waals surface area contributed by atoms with Gasteiger partial charge in [-0.2, -0.15) is 0 Å². The van der Waals surface area contributed by atoms with Crippen molar-refractivity contribution >= 4 is 28.8 Å². The van der Waals surface area contributed by atoms with Crippen LogP contribution in [0.1, 0.15) is 16.8 Å². The Hall–Kier alpha value is -4.91. The average Bonchev–Trinajstić information content (AvgIpc) is 2.89. The lowest BCUT2D eigenvalue weighted by molar-refractivity contribution is -0.111. The molecule has 0 radical (unpaired) electrons. The minimum atomic E-state index is -0.291. The van der Waals surface area contributed by atoms with Gasteiger partial charge in [0.15, 0.2) is 5.65 Å². The summed E-state index contributed by atoms with van der Waals surface area (Å²) in [6.07, 6.45) is 8.51. The van der Waals surface area contributed by atoms with Gasteiger partial charge in [-0.3, -0.25) is 19.1 Å². The number of hydrogen-bond donors (Lipinski definition) is 1. The number of hydrogen-bond acceptors (Lipinski definition) is 5. The van der Waals surface area contributed by atoms with Crippen molar-refractivity contribution in [2.45, 2.75) is 6.42 Å². The molecule has 5 rings (SSSR count). The van der Waals surface area contributed by atoms with Crippen LogP contribution in [0, 0.1) is 0 Å². The first-order valence-electron chi connectivity index (χ1n) is 11.1. The summed E-state index contributed by atoms with van der Waals surface area (Å²) in [4.78, 5) is 39.0. The molecule has 0 aliphatic carbocycles. The summed E-state index contributed by atoms with van der Waals surface area (Å²) in [6, 6.07) is 24.1. The van der Waals surface area contributed by atoms with Gasteiger partial charge in [0, 0.05) is 36.8 Å². The fourth-order valence-electron chi connectivity index (χ4n) is 3.76. The molecule has 7 heteroatoms. The lowest BCUT2D eigenvalue weighted by Crippen LogP contribution is -2.25. The van der Waals surface area contributed by atoms with E-state index in [4.69, 9.17) is 0 Å². The molecular formula is C28H21N5O2. The van der Waals surface area contributed by atoms with Crippen LogP contribution >= 0.6 is 0 Å². The third-order valence-corrected chi connectivity index (χ3v) is 5.38. The zero-order valence-corrected chi connectivity index (χ0v) is 18.7. The molecule has 1 amide bonds. The molecule has 35 heavy (non-hydrogen) atoms. The van der Waals surface area contributed by atoms with Gasteiger partial charge < -0.3 is 5.32 Å². The van der Waals surface area contributed by atoms with Crippen LogP contribution in [0.2, 0.25) is 0 Å². The first-order chi connectivity index (χ1) is 17.2. The number of fused-ring (bicyclic) bond motifs is 1. The summed E-state index contributed by atoms with van der Waals surface area (Å²) in [5, 5.41) is 2.85. The number of rotatable bonds is 6. The summed E-state index contributed by atoms with van der Waals surface area (Å²) < 4.78 is 1.54. The van der Waals surface area contributed by atoms with Crippen molar-refractivity contribution in [2.24, 2.45) is 0 Å². The molecule has 0 aliphatic rings. The molecule has 5 aromatic rings. The van der Waals surface area contributed by atoms with Gasteiger partial charge in [-0.05, 0) is 53.6 Å². The number of carbonyl (C=O) groups is 1. The number of anilines is 1. The summed E-state index contributed by atoms with van der Waals surface area (Å²) in [5.74, 6) is -0.291. The second-order valence-electron chi connectivity index (χ2n) is 7.87. The van der Waals surface area contributed by atoms with Crippen molar-refractivity contribution in [3.05, 3.63) is 131 Å². The molecule has 0 aliphatic heterocycles. The second kappa shape index (κ2) is 9.93. The smallest absolute Gasteiger partial charge is 0.278 e. The predicted molar refractivity (Wildman–Crippen MR) is 136 cm³/mol. The van der Waals surface area contributed by atoms with Gasteiger partial charge in [0.2, 0.25) is 5.91 Å². The zero-order valence-electron chi connectivity index (χ0n) is 18.7. The van der Waals surface area contributed by atoms with E-state index in [9.17, 15) is 9.59 Å². The number of nitrogens with one attached hydrogen (secondary N) is 1. The number of benzene rings is 2. The molecule has 0 spiro atoms. The van der Waals surface area contributed by atoms with E-state index in [1.54, 1.807) is 59.6 Å². The highest BCUT2D eigenvalue weighted by atomic mass is 16.1. The van der Waals surface area contributed by atoms with E-state index in [2.05, 4.69) is 20.3 Å². The Kier molecular flexibility index (Phi) is 6.21. The Morgan fingerprint density at radius 2 is 1.80 bits per heavy atom. The first-order valence-corrected chi connectivity index (χ1v) is 11.1. The first kappa shape index (κ1) is 21.9. The Balaban J connectivity index is 1.50. The highest BCUT2D eigenvalue weighted by molar-refractivity contribution is 6.02. The molecule has 0 saturated carbocycles. The van der Waals surface area contributed by atoms with Gasteiger partial charge in [0.05, 0.1) is 5.69 Å². The van der Waals surface area contributed by atoms with Crippen molar-refractivity contribution in [3.63, 3.8) is 0 Å². The molecule has 0 saturated heterocycles. The normalized spacial score (nSPS) is 11.1. The van der Waals surface area contributed by atoms with Gasteiger partial charge in [0.1, 0.15) is 11.2 Å². The Bertz CT molecular complexity index is 1580. The Morgan fingerprint density at radius 1 is 0.943 bits per heavy atom. The largest absolute Gasteiger partial charge is 0.322 e. The fourth-order valence-corrected chi connectivity index (χ4v) is 3.76. The highest BCUT2D eigenvalue weighted by Crippen LogP contribution is 2.18. The van der Waals surface area contributed by atoms with E-state index < -0.39 is 0 Å². The van der Waals surface area contributed by atoms with Gasteiger partial charge in [-0.25, -0.2) is 9.97 Å². The number of pyridine rings is 2. The summed E-state index contributed by atoms with van der Waals surface area (Å²) in [5.41, 5.74) is 4.20. The SMILES string of the molecule is O=C(/C=C/c1cccnc1)Nc1cccc(-n2c(=O)c(Cc3ccccc3)nc3cccnc32)c1. The van der Waals surface area contributed by atoms with Gasteiger partial charge in [-0.15, -0.1) is 0 Å². The van der Waals surface area contributed by atoms with E-state index in [0.29, 0.717) is 34.7 Å². The number of aromatic nitrogens is 4. The van der Waals surface area contributed by atoms with Crippen LogP contribution in [0.15, 0.2) is 108 Å². The van der Waals surface area contributed by atoms with Crippen LogP contribution in [0.5, 0.6) is 0 Å². The molecule has 3 heterocycles. The van der Waals surface area contributed by atoms with E-state index in [1.165, 1.54) is 6.08 Å². The Morgan fingerprint density at radius 3 is 2.63 bits per heavy atom. The van der Waals surface area contributed by atoms with Crippen molar-refractivity contribution in [2.75, 3.05) is 5.32 Å². The van der Waals surface area contributed by atoms with Crippen LogP contribution in [0.4, 0.5) is 5.69 Å². The molecule has 1 N–H and O–H groups in total. The monoisotopic (exact) mass is 459 g/mol. The van der Waals surface area contributed by atoms with E-state index in [1.807, 2.05) is 48.5 Å². The maximum atomic E-state index is 13.5. The number of nitrogens with zero attached hydrogens (tertiary/aromatic N) is 4. The standard InChI is InChI=1S/C28H21N5O2/c34-26(14-13-21-9-5-15-29-19-21)31-22-10-4-11-23(18-22)33-27-24(12-6-16-30-27)32-25(28(33)35)17-20-7-2-1-3-8-20/h1-16,18-19H,17H2,(H,31,34)/b14-13+. The summed E-state index contributed by atoms with van der Waals surface area (Å²) in [7, 11) is 0. The molecule has 0 fully saturated rings. The minimum Gasteiger partial charge on any atom is -0.322 e. The van der Waals surface area contributed by atoms with Crippen molar-refractivity contribution in [1.29, 1.82) is 0 Å². The van der Waals surface area contributed by atoms with Crippen LogP contribution in [0.25, 0.3) is 22.9 Å². The maximum Gasteiger partial charge on any atom is 0.278 e. The predicted octanol–water partition coefficient (Wildman–Crippen LogP) is 4.42. The lowest BCUT2D eigenvalue weighted by Gasteiger charge is -2.13. The second-order valence-corrected chi connectivity index (χ2v) is 7.87. The molecule has 3 aromatic heterocycles. The van der Waals surface area contributed by atoms with Crippen molar-refractivity contribution in [3.8, 4) is 5.69 Å². The zero-order chi connectivity index (χ0) is 24.0. The summed E-state index contributed by atoms with van der Waals surface area (Å²) in [6.45, 7) is 0. The van der Waals surface area contributed by atoms with E-state index >= 15 is 0 Å². The molecular weight excluding hydrogens is 438 g/mol. The third kappa shape index (κ3) is 5.04.